The molecule has 1 atom stereocenters. The van der Waals surface area contributed by atoms with Crippen LogP contribution in [0, 0.1) is 5.92 Å². The van der Waals surface area contributed by atoms with Crippen LogP contribution in [0.15, 0.2) is 48.8 Å². The number of amides is 1. The first-order valence-electron chi connectivity index (χ1n) is 8.57. The van der Waals surface area contributed by atoms with Crippen LogP contribution < -0.4 is 10.2 Å². The summed E-state index contributed by atoms with van der Waals surface area (Å²) in [7, 11) is 0. The lowest BCUT2D eigenvalue weighted by molar-refractivity contribution is -0.125. The average Bonchev–Trinajstić information content (AvgIpc) is 3.11. The number of carbonyl (C=O) groups excluding carboxylic acids is 1. The Labute approximate surface area is 150 Å². The highest BCUT2D eigenvalue weighted by molar-refractivity contribution is 7.22. The maximum atomic E-state index is 12.5. The molecule has 1 aromatic carbocycles. The molecule has 3 aromatic rings. The molecule has 0 radical (unpaired) electrons. The molecule has 1 amide bonds. The molecule has 25 heavy (non-hydrogen) atoms. The van der Waals surface area contributed by atoms with Crippen LogP contribution in [0.3, 0.4) is 0 Å². The average molecular weight is 352 g/mol. The van der Waals surface area contributed by atoms with Crippen molar-refractivity contribution in [2.75, 3.05) is 18.0 Å². The lowest BCUT2D eigenvalue weighted by atomic mass is 9.97. The topological polar surface area (TPSA) is 58.1 Å². The van der Waals surface area contributed by atoms with Gasteiger partial charge in [-0.05, 0) is 36.6 Å². The van der Waals surface area contributed by atoms with Gasteiger partial charge in [0.2, 0.25) is 5.91 Å². The Morgan fingerprint density at radius 3 is 3.04 bits per heavy atom. The molecule has 2 aromatic heterocycles. The number of benzene rings is 1. The zero-order chi connectivity index (χ0) is 17.1. The molecule has 128 valence electrons. The maximum Gasteiger partial charge on any atom is 0.225 e. The largest absolute Gasteiger partial charge is 0.352 e. The lowest BCUT2D eigenvalue weighted by Crippen LogP contribution is -2.42. The predicted molar refractivity (Wildman–Crippen MR) is 101 cm³/mol. The van der Waals surface area contributed by atoms with E-state index in [0.717, 1.165) is 42.1 Å². The zero-order valence-corrected chi connectivity index (χ0v) is 14.7. The van der Waals surface area contributed by atoms with Gasteiger partial charge in [0, 0.05) is 32.0 Å². The highest BCUT2D eigenvalue weighted by Gasteiger charge is 2.27. The standard InChI is InChI=1S/C19H20N4OS/c24-18(21-12-14-5-3-9-20-11-14)15-6-4-10-23(13-15)19-22-16-7-1-2-8-17(16)25-19/h1-3,5,7-9,11,15H,4,6,10,12-13H2,(H,21,24). The van der Waals surface area contributed by atoms with Crippen molar-refractivity contribution in [3.05, 3.63) is 54.4 Å². The van der Waals surface area contributed by atoms with E-state index in [9.17, 15) is 4.79 Å². The smallest absolute Gasteiger partial charge is 0.225 e. The van der Waals surface area contributed by atoms with E-state index in [1.165, 1.54) is 4.70 Å². The molecule has 1 aliphatic rings. The van der Waals surface area contributed by atoms with Gasteiger partial charge in [0.15, 0.2) is 5.13 Å². The molecule has 0 spiro atoms. The quantitative estimate of drug-likeness (QED) is 0.783. The number of fused-ring (bicyclic) bond motifs is 1. The molecule has 1 aliphatic heterocycles. The SMILES string of the molecule is O=C(NCc1cccnc1)C1CCCN(c2nc3ccccc3s2)C1. The Balaban J connectivity index is 1.41. The number of thiazole rings is 1. The van der Waals surface area contributed by atoms with E-state index < -0.39 is 0 Å². The van der Waals surface area contributed by atoms with Gasteiger partial charge in [0.1, 0.15) is 0 Å². The summed E-state index contributed by atoms with van der Waals surface area (Å²) in [5.74, 6) is 0.132. The Hall–Kier alpha value is -2.47. The number of carbonyl (C=O) groups is 1. The Kier molecular flexibility index (Phi) is 4.61. The Morgan fingerprint density at radius 2 is 2.20 bits per heavy atom. The molecule has 1 N–H and O–H groups in total. The van der Waals surface area contributed by atoms with Crippen molar-refractivity contribution < 1.29 is 4.79 Å². The van der Waals surface area contributed by atoms with Crippen LogP contribution in [-0.2, 0) is 11.3 Å². The van der Waals surface area contributed by atoms with Crippen LogP contribution in [0.25, 0.3) is 10.2 Å². The number of para-hydroxylation sites is 1. The van der Waals surface area contributed by atoms with Gasteiger partial charge in [0.25, 0.3) is 0 Å². The predicted octanol–water partition coefficient (Wildman–Crippen LogP) is 3.22. The van der Waals surface area contributed by atoms with E-state index in [1.807, 2.05) is 30.3 Å². The summed E-state index contributed by atoms with van der Waals surface area (Å²) in [4.78, 5) is 23.6. The van der Waals surface area contributed by atoms with Gasteiger partial charge in [-0.15, -0.1) is 0 Å². The van der Waals surface area contributed by atoms with E-state index in [-0.39, 0.29) is 11.8 Å². The van der Waals surface area contributed by atoms with Crippen molar-refractivity contribution >= 4 is 32.6 Å². The van der Waals surface area contributed by atoms with Crippen LogP contribution in [0.1, 0.15) is 18.4 Å². The van der Waals surface area contributed by atoms with E-state index in [1.54, 1.807) is 23.7 Å². The third-order valence-electron chi connectivity index (χ3n) is 4.53. The highest BCUT2D eigenvalue weighted by atomic mass is 32.1. The number of piperidine rings is 1. The first-order valence-corrected chi connectivity index (χ1v) is 9.38. The van der Waals surface area contributed by atoms with Gasteiger partial charge in [-0.25, -0.2) is 4.98 Å². The summed E-state index contributed by atoms with van der Waals surface area (Å²) < 4.78 is 1.20. The van der Waals surface area contributed by atoms with E-state index in [2.05, 4.69) is 21.3 Å². The number of nitrogens with zero attached hydrogens (tertiary/aromatic N) is 3. The molecule has 6 heteroatoms. The van der Waals surface area contributed by atoms with Crippen LogP contribution in [-0.4, -0.2) is 29.0 Å². The molecular formula is C19H20N4OS. The van der Waals surface area contributed by atoms with Crippen LogP contribution in [0.2, 0.25) is 0 Å². The van der Waals surface area contributed by atoms with Crippen LogP contribution in [0.4, 0.5) is 5.13 Å². The molecule has 4 rings (SSSR count). The van der Waals surface area contributed by atoms with Gasteiger partial charge in [-0.1, -0.05) is 29.5 Å². The third-order valence-corrected chi connectivity index (χ3v) is 5.63. The second-order valence-corrected chi connectivity index (χ2v) is 7.34. The number of hydrogen-bond acceptors (Lipinski definition) is 5. The van der Waals surface area contributed by atoms with Crippen molar-refractivity contribution in [2.24, 2.45) is 5.92 Å². The molecule has 0 saturated carbocycles. The lowest BCUT2D eigenvalue weighted by Gasteiger charge is -2.31. The maximum absolute atomic E-state index is 12.5. The molecule has 5 nitrogen and oxygen atoms in total. The fourth-order valence-corrected chi connectivity index (χ4v) is 4.20. The second-order valence-electron chi connectivity index (χ2n) is 6.33. The summed E-state index contributed by atoms with van der Waals surface area (Å²) in [6, 6.07) is 12.0. The van der Waals surface area contributed by atoms with Crippen molar-refractivity contribution in [2.45, 2.75) is 19.4 Å². The minimum absolute atomic E-state index is 0.0115. The number of aromatic nitrogens is 2. The van der Waals surface area contributed by atoms with Gasteiger partial charge in [-0.2, -0.15) is 0 Å². The Bertz CT molecular complexity index is 831. The molecule has 1 unspecified atom stereocenters. The number of nitrogens with one attached hydrogen (secondary N) is 1. The number of anilines is 1. The van der Waals surface area contributed by atoms with Gasteiger partial charge in [-0.3, -0.25) is 9.78 Å². The second kappa shape index (κ2) is 7.19. The van der Waals surface area contributed by atoms with Crippen LogP contribution in [0.5, 0.6) is 0 Å². The molecule has 1 saturated heterocycles. The monoisotopic (exact) mass is 352 g/mol. The first kappa shape index (κ1) is 16.0. The van der Waals surface area contributed by atoms with Crippen LogP contribution >= 0.6 is 11.3 Å². The fraction of sp³-hybridized carbons (Fsp3) is 0.316. The highest BCUT2D eigenvalue weighted by Crippen LogP contribution is 2.31. The van der Waals surface area contributed by atoms with Gasteiger partial charge < -0.3 is 10.2 Å². The minimum atomic E-state index is 0.0115. The molecule has 3 heterocycles. The number of hydrogen-bond donors (Lipinski definition) is 1. The summed E-state index contributed by atoms with van der Waals surface area (Å²) in [6.45, 7) is 2.23. The third kappa shape index (κ3) is 3.64. The molecule has 0 aliphatic carbocycles. The zero-order valence-electron chi connectivity index (χ0n) is 13.9. The van der Waals surface area contributed by atoms with Gasteiger partial charge in [0.05, 0.1) is 16.1 Å². The van der Waals surface area contributed by atoms with Crippen molar-refractivity contribution in [1.29, 1.82) is 0 Å². The number of rotatable bonds is 4. The first-order chi connectivity index (χ1) is 12.3. The summed E-state index contributed by atoms with van der Waals surface area (Å²) >= 11 is 1.70. The van der Waals surface area contributed by atoms with Crippen molar-refractivity contribution in [1.82, 2.24) is 15.3 Å². The minimum Gasteiger partial charge on any atom is -0.352 e. The van der Waals surface area contributed by atoms with E-state index in [0.29, 0.717) is 6.54 Å². The molecule has 0 bridgehead atoms. The summed E-state index contributed by atoms with van der Waals surface area (Å²) in [5, 5.41) is 4.06. The van der Waals surface area contributed by atoms with E-state index in [4.69, 9.17) is 4.98 Å². The summed E-state index contributed by atoms with van der Waals surface area (Å²) in [6.07, 6.45) is 5.47. The van der Waals surface area contributed by atoms with E-state index >= 15 is 0 Å². The van der Waals surface area contributed by atoms with Crippen molar-refractivity contribution in [3.8, 4) is 0 Å². The Morgan fingerprint density at radius 1 is 1.28 bits per heavy atom. The summed E-state index contributed by atoms with van der Waals surface area (Å²) in [5.41, 5.74) is 2.06. The fourth-order valence-electron chi connectivity index (χ4n) is 3.20. The van der Waals surface area contributed by atoms with Gasteiger partial charge >= 0.3 is 0 Å². The molecule has 1 fully saturated rings. The normalized spacial score (nSPS) is 17.6. The number of pyridine rings is 1. The molecular weight excluding hydrogens is 332 g/mol. The van der Waals surface area contributed by atoms with Crippen molar-refractivity contribution in [3.63, 3.8) is 0 Å².